The first-order valence-electron chi connectivity index (χ1n) is 6.71. The predicted molar refractivity (Wildman–Crippen MR) is 70.7 cm³/mol. The maximum atomic E-state index is 13.3. The van der Waals surface area contributed by atoms with E-state index in [4.69, 9.17) is 4.74 Å². The highest BCUT2D eigenvalue weighted by Gasteiger charge is 2.39. The summed E-state index contributed by atoms with van der Waals surface area (Å²) in [5, 5.41) is 9.25. The Hall–Kier alpha value is -1.53. The van der Waals surface area contributed by atoms with Crippen molar-refractivity contribution < 1.29 is 19.0 Å². The first-order valence-corrected chi connectivity index (χ1v) is 6.71. The van der Waals surface area contributed by atoms with Crippen LogP contribution in [-0.4, -0.2) is 46.8 Å². The SMILES string of the molecule is CCN(C(C)c1cncc(F)c1)C1COCC1C(=O)O. The number of hydrogen-bond acceptors (Lipinski definition) is 4. The van der Waals surface area contributed by atoms with Crippen LogP contribution in [0.4, 0.5) is 4.39 Å². The molecule has 2 heterocycles. The lowest BCUT2D eigenvalue weighted by atomic mass is 9.99. The third-order valence-corrected chi connectivity index (χ3v) is 3.86. The van der Waals surface area contributed by atoms with Crippen molar-refractivity contribution >= 4 is 5.97 Å². The number of likely N-dealkylation sites (N-methyl/N-ethyl adjacent to an activating group) is 1. The van der Waals surface area contributed by atoms with E-state index in [0.717, 1.165) is 11.8 Å². The molecule has 2 rings (SSSR count). The van der Waals surface area contributed by atoms with Crippen molar-refractivity contribution in [3.8, 4) is 0 Å². The lowest BCUT2D eigenvalue weighted by molar-refractivity contribution is -0.143. The number of aromatic nitrogens is 1. The molecule has 0 spiro atoms. The number of pyridine rings is 1. The Morgan fingerprint density at radius 2 is 2.35 bits per heavy atom. The summed E-state index contributed by atoms with van der Waals surface area (Å²) in [5.74, 6) is -1.78. The van der Waals surface area contributed by atoms with Gasteiger partial charge in [-0.3, -0.25) is 14.7 Å². The largest absolute Gasteiger partial charge is 0.481 e. The van der Waals surface area contributed by atoms with E-state index in [1.54, 1.807) is 6.20 Å². The number of halogens is 1. The highest BCUT2D eigenvalue weighted by atomic mass is 19.1. The van der Waals surface area contributed by atoms with Gasteiger partial charge in [0.2, 0.25) is 0 Å². The molecule has 1 aliphatic heterocycles. The van der Waals surface area contributed by atoms with Gasteiger partial charge in [-0.2, -0.15) is 0 Å². The maximum Gasteiger partial charge on any atom is 0.310 e. The van der Waals surface area contributed by atoms with Gasteiger partial charge < -0.3 is 9.84 Å². The number of ether oxygens (including phenoxy) is 1. The van der Waals surface area contributed by atoms with Crippen LogP contribution in [0.1, 0.15) is 25.5 Å². The Bertz CT molecular complexity index is 483. The molecule has 5 nitrogen and oxygen atoms in total. The molecule has 6 heteroatoms. The molecular formula is C14H19FN2O3. The quantitative estimate of drug-likeness (QED) is 0.890. The summed E-state index contributed by atoms with van der Waals surface area (Å²) < 4.78 is 18.6. The first-order chi connectivity index (χ1) is 9.54. The van der Waals surface area contributed by atoms with Crippen LogP contribution in [0.2, 0.25) is 0 Å². The van der Waals surface area contributed by atoms with Crippen LogP contribution in [0.5, 0.6) is 0 Å². The summed E-state index contributed by atoms with van der Waals surface area (Å²) >= 11 is 0. The van der Waals surface area contributed by atoms with E-state index in [1.165, 1.54) is 6.07 Å². The van der Waals surface area contributed by atoms with Crippen LogP contribution >= 0.6 is 0 Å². The smallest absolute Gasteiger partial charge is 0.310 e. The van der Waals surface area contributed by atoms with Crippen LogP contribution in [0.25, 0.3) is 0 Å². The van der Waals surface area contributed by atoms with Gasteiger partial charge in [-0.05, 0) is 25.1 Å². The normalized spacial score (nSPS) is 24.0. The van der Waals surface area contributed by atoms with Crippen molar-refractivity contribution in [1.82, 2.24) is 9.88 Å². The van der Waals surface area contributed by atoms with E-state index in [0.29, 0.717) is 13.2 Å². The van der Waals surface area contributed by atoms with Gasteiger partial charge >= 0.3 is 5.97 Å². The number of hydrogen-bond donors (Lipinski definition) is 1. The third-order valence-electron chi connectivity index (χ3n) is 3.86. The average Bonchev–Trinajstić information content (AvgIpc) is 2.89. The van der Waals surface area contributed by atoms with Crippen molar-refractivity contribution in [2.75, 3.05) is 19.8 Å². The van der Waals surface area contributed by atoms with Gasteiger partial charge in [0, 0.05) is 18.3 Å². The maximum absolute atomic E-state index is 13.3. The number of aliphatic carboxylic acids is 1. The van der Waals surface area contributed by atoms with E-state index < -0.39 is 11.9 Å². The van der Waals surface area contributed by atoms with Gasteiger partial charge in [0.05, 0.1) is 25.3 Å². The molecule has 1 fully saturated rings. The van der Waals surface area contributed by atoms with Gasteiger partial charge in [-0.1, -0.05) is 6.92 Å². The second-order valence-corrected chi connectivity index (χ2v) is 4.99. The van der Waals surface area contributed by atoms with E-state index in [2.05, 4.69) is 4.98 Å². The molecule has 1 N–H and O–H groups in total. The van der Waals surface area contributed by atoms with Gasteiger partial charge in [-0.15, -0.1) is 0 Å². The van der Waals surface area contributed by atoms with Gasteiger partial charge in [0.25, 0.3) is 0 Å². The van der Waals surface area contributed by atoms with Gasteiger partial charge in [-0.25, -0.2) is 4.39 Å². The zero-order chi connectivity index (χ0) is 14.7. The number of carboxylic acids is 1. The minimum absolute atomic E-state index is 0.114. The first kappa shape index (κ1) is 14.9. The molecule has 0 radical (unpaired) electrons. The fourth-order valence-corrected chi connectivity index (χ4v) is 2.75. The molecule has 3 unspecified atom stereocenters. The number of rotatable bonds is 5. The molecule has 110 valence electrons. The highest BCUT2D eigenvalue weighted by Crippen LogP contribution is 2.28. The van der Waals surface area contributed by atoms with Crippen molar-refractivity contribution in [3.05, 3.63) is 29.8 Å². The highest BCUT2D eigenvalue weighted by molar-refractivity contribution is 5.71. The van der Waals surface area contributed by atoms with Crippen molar-refractivity contribution in [2.45, 2.75) is 25.9 Å². The number of carbonyl (C=O) groups is 1. The molecule has 0 aliphatic carbocycles. The minimum atomic E-state index is -0.851. The second kappa shape index (κ2) is 6.28. The zero-order valence-electron chi connectivity index (χ0n) is 11.6. The molecule has 0 saturated carbocycles. The molecule has 1 aromatic rings. The Morgan fingerprint density at radius 3 is 2.95 bits per heavy atom. The lowest BCUT2D eigenvalue weighted by Gasteiger charge is -2.34. The summed E-state index contributed by atoms with van der Waals surface area (Å²) in [7, 11) is 0. The average molecular weight is 282 g/mol. The molecule has 1 saturated heterocycles. The Kier molecular flexibility index (Phi) is 4.67. The third kappa shape index (κ3) is 2.96. The fourth-order valence-electron chi connectivity index (χ4n) is 2.75. The Balaban J connectivity index is 2.21. The van der Waals surface area contributed by atoms with Crippen LogP contribution in [-0.2, 0) is 9.53 Å². The van der Waals surface area contributed by atoms with Crippen molar-refractivity contribution in [3.63, 3.8) is 0 Å². The molecule has 1 aliphatic rings. The fraction of sp³-hybridized carbons (Fsp3) is 0.571. The van der Waals surface area contributed by atoms with E-state index in [9.17, 15) is 14.3 Å². The summed E-state index contributed by atoms with van der Waals surface area (Å²) in [6.07, 6.45) is 2.77. The van der Waals surface area contributed by atoms with Crippen molar-refractivity contribution in [1.29, 1.82) is 0 Å². The van der Waals surface area contributed by atoms with Crippen LogP contribution < -0.4 is 0 Å². The molecule has 1 aromatic heterocycles. The van der Waals surface area contributed by atoms with Crippen LogP contribution in [0, 0.1) is 11.7 Å². The second-order valence-electron chi connectivity index (χ2n) is 4.99. The topological polar surface area (TPSA) is 62.7 Å². The Labute approximate surface area is 117 Å². The predicted octanol–water partition coefficient (Wildman–Crippen LogP) is 1.70. The summed E-state index contributed by atoms with van der Waals surface area (Å²) in [5.41, 5.74) is 0.739. The van der Waals surface area contributed by atoms with E-state index >= 15 is 0 Å². The summed E-state index contributed by atoms with van der Waals surface area (Å²) in [4.78, 5) is 17.2. The van der Waals surface area contributed by atoms with Crippen LogP contribution in [0.3, 0.4) is 0 Å². The lowest BCUT2D eigenvalue weighted by Crippen LogP contribution is -2.44. The standard InChI is InChI=1S/C14H19FN2O3/c1-3-17(13-8-20-7-12(13)14(18)19)9(2)10-4-11(15)6-16-5-10/h4-6,9,12-13H,3,7-8H2,1-2H3,(H,18,19). The molecule has 0 bridgehead atoms. The molecule has 0 aromatic carbocycles. The molecule has 3 atom stereocenters. The summed E-state index contributed by atoms with van der Waals surface area (Å²) in [6, 6.07) is 1.12. The molecule has 0 amide bonds. The molecular weight excluding hydrogens is 263 g/mol. The van der Waals surface area contributed by atoms with E-state index in [1.807, 2.05) is 18.7 Å². The van der Waals surface area contributed by atoms with E-state index in [-0.39, 0.29) is 24.5 Å². The minimum Gasteiger partial charge on any atom is -0.481 e. The molecule has 20 heavy (non-hydrogen) atoms. The van der Waals surface area contributed by atoms with Gasteiger partial charge in [0.15, 0.2) is 0 Å². The van der Waals surface area contributed by atoms with Gasteiger partial charge in [0.1, 0.15) is 5.82 Å². The Morgan fingerprint density at radius 1 is 1.60 bits per heavy atom. The monoisotopic (exact) mass is 282 g/mol. The number of carboxylic acid groups (broad SMARTS) is 1. The van der Waals surface area contributed by atoms with Crippen LogP contribution in [0.15, 0.2) is 18.5 Å². The number of nitrogens with zero attached hydrogens (tertiary/aromatic N) is 2. The van der Waals surface area contributed by atoms with Crippen molar-refractivity contribution in [2.24, 2.45) is 5.92 Å². The zero-order valence-corrected chi connectivity index (χ0v) is 11.6. The summed E-state index contributed by atoms with van der Waals surface area (Å²) in [6.45, 7) is 5.16.